The molecular formula is C18H29NOS. The minimum atomic E-state index is 0.185. The smallest absolute Gasteiger partial charge is 0.220 e. The fourth-order valence-corrected chi connectivity index (χ4v) is 3.04. The van der Waals surface area contributed by atoms with Gasteiger partial charge < -0.3 is 5.32 Å². The van der Waals surface area contributed by atoms with E-state index in [1.807, 2.05) is 0 Å². The molecule has 1 amide bonds. The van der Waals surface area contributed by atoms with E-state index in [1.165, 1.54) is 29.7 Å². The van der Waals surface area contributed by atoms with Gasteiger partial charge >= 0.3 is 0 Å². The first kappa shape index (κ1) is 18.1. The van der Waals surface area contributed by atoms with Crippen molar-refractivity contribution >= 4 is 17.7 Å². The second kappa shape index (κ2) is 10.7. The molecule has 0 aliphatic carbocycles. The molecule has 2 nitrogen and oxygen atoms in total. The van der Waals surface area contributed by atoms with Gasteiger partial charge in [0.2, 0.25) is 5.91 Å². The van der Waals surface area contributed by atoms with Gasteiger partial charge in [-0.05, 0) is 31.4 Å². The van der Waals surface area contributed by atoms with E-state index in [4.69, 9.17) is 0 Å². The second-order valence-electron chi connectivity index (χ2n) is 5.63. The van der Waals surface area contributed by atoms with Gasteiger partial charge in [-0.15, -0.1) is 11.8 Å². The van der Waals surface area contributed by atoms with Gasteiger partial charge in [-0.3, -0.25) is 4.79 Å². The molecule has 0 fully saturated rings. The lowest BCUT2D eigenvalue weighted by molar-refractivity contribution is -0.120. The highest BCUT2D eigenvalue weighted by Crippen LogP contribution is 2.19. The highest BCUT2D eigenvalue weighted by Gasteiger charge is 2.08. The van der Waals surface area contributed by atoms with Crippen LogP contribution in [0.5, 0.6) is 0 Å². The van der Waals surface area contributed by atoms with Crippen molar-refractivity contribution in [2.45, 2.75) is 57.8 Å². The standard InChI is InChI=1S/C18H29NOS/c1-4-6-7-16(5-2)14-19-18(20)12-13-21-17-10-8-15(3)9-11-17/h8-11,16H,4-7,12-14H2,1-3H3,(H,19,20)/t16-/m1/s1. The number of unbranched alkanes of at least 4 members (excludes halogenated alkanes) is 1. The van der Waals surface area contributed by atoms with E-state index < -0.39 is 0 Å². The number of carbonyl (C=O) groups is 1. The topological polar surface area (TPSA) is 29.1 Å². The van der Waals surface area contributed by atoms with Crippen molar-refractivity contribution in [1.82, 2.24) is 5.32 Å². The summed E-state index contributed by atoms with van der Waals surface area (Å²) in [5.41, 5.74) is 1.27. The fraction of sp³-hybridized carbons (Fsp3) is 0.611. The molecule has 0 bridgehead atoms. The van der Waals surface area contributed by atoms with Gasteiger partial charge in [-0.1, -0.05) is 50.8 Å². The van der Waals surface area contributed by atoms with Crippen molar-refractivity contribution in [2.75, 3.05) is 12.3 Å². The molecule has 0 aromatic heterocycles. The summed E-state index contributed by atoms with van der Waals surface area (Å²) >= 11 is 1.75. The average molecular weight is 308 g/mol. The number of nitrogens with one attached hydrogen (secondary N) is 1. The number of amides is 1. The largest absolute Gasteiger partial charge is 0.356 e. The molecule has 0 aliphatic rings. The Morgan fingerprint density at radius 3 is 2.57 bits per heavy atom. The number of hydrogen-bond donors (Lipinski definition) is 1. The number of aryl methyl sites for hydroxylation is 1. The van der Waals surface area contributed by atoms with Crippen molar-refractivity contribution in [3.05, 3.63) is 29.8 Å². The van der Waals surface area contributed by atoms with Gasteiger partial charge in [0, 0.05) is 23.6 Å². The van der Waals surface area contributed by atoms with Crippen LogP contribution in [0.15, 0.2) is 29.2 Å². The SMILES string of the molecule is CCCC[C@@H](CC)CNC(=O)CCSc1ccc(C)cc1. The first-order valence-corrected chi connectivity index (χ1v) is 9.10. The summed E-state index contributed by atoms with van der Waals surface area (Å²) < 4.78 is 0. The van der Waals surface area contributed by atoms with Crippen LogP contribution in [0.1, 0.15) is 51.5 Å². The van der Waals surface area contributed by atoms with Crippen LogP contribution in [0.4, 0.5) is 0 Å². The molecule has 1 aromatic rings. The minimum absolute atomic E-state index is 0.185. The summed E-state index contributed by atoms with van der Waals surface area (Å²) in [6.45, 7) is 7.35. The molecule has 0 spiro atoms. The molecule has 0 aliphatic heterocycles. The molecule has 0 radical (unpaired) electrons. The van der Waals surface area contributed by atoms with Crippen LogP contribution in [0.25, 0.3) is 0 Å². The summed E-state index contributed by atoms with van der Waals surface area (Å²) in [6.07, 6.45) is 5.47. The highest BCUT2D eigenvalue weighted by atomic mass is 32.2. The van der Waals surface area contributed by atoms with E-state index in [9.17, 15) is 4.79 Å². The van der Waals surface area contributed by atoms with Crippen LogP contribution in [0.3, 0.4) is 0 Å². The second-order valence-corrected chi connectivity index (χ2v) is 6.80. The Balaban J connectivity index is 2.17. The molecule has 1 N–H and O–H groups in total. The zero-order valence-corrected chi connectivity index (χ0v) is 14.5. The average Bonchev–Trinajstić information content (AvgIpc) is 2.49. The minimum Gasteiger partial charge on any atom is -0.356 e. The van der Waals surface area contributed by atoms with E-state index in [1.54, 1.807) is 11.8 Å². The lowest BCUT2D eigenvalue weighted by Crippen LogP contribution is -2.29. The predicted molar refractivity (Wildman–Crippen MR) is 92.8 cm³/mol. The van der Waals surface area contributed by atoms with Crippen LogP contribution in [-0.4, -0.2) is 18.2 Å². The molecule has 0 heterocycles. The number of rotatable bonds is 10. The van der Waals surface area contributed by atoms with Gasteiger partial charge in [0.15, 0.2) is 0 Å². The zero-order valence-electron chi connectivity index (χ0n) is 13.7. The van der Waals surface area contributed by atoms with Gasteiger partial charge in [0.25, 0.3) is 0 Å². The Kier molecular flexibility index (Phi) is 9.24. The van der Waals surface area contributed by atoms with E-state index >= 15 is 0 Å². The van der Waals surface area contributed by atoms with Crippen molar-refractivity contribution in [1.29, 1.82) is 0 Å². The van der Waals surface area contributed by atoms with Gasteiger partial charge in [-0.25, -0.2) is 0 Å². The van der Waals surface area contributed by atoms with Crippen LogP contribution in [0.2, 0.25) is 0 Å². The molecule has 0 saturated heterocycles. The zero-order chi connectivity index (χ0) is 15.5. The molecule has 0 saturated carbocycles. The first-order chi connectivity index (χ1) is 10.2. The Morgan fingerprint density at radius 2 is 1.95 bits per heavy atom. The quantitative estimate of drug-likeness (QED) is 0.628. The fourth-order valence-electron chi connectivity index (χ4n) is 2.19. The summed E-state index contributed by atoms with van der Waals surface area (Å²) in [7, 11) is 0. The molecule has 3 heteroatoms. The summed E-state index contributed by atoms with van der Waals surface area (Å²) in [4.78, 5) is 13.1. The number of benzene rings is 1. The van der Waals surface area contributed by atoms with E-state index in [-0.39, 0.29) is 5.91 Å². The number of thioether (sulfide) groups is 1. The Morgan fingerprint density at radius 1 is 1.24 bits per heavy atom. The van der Waals surface area contributed by atoms with Gasteiger partial charge in [0.1, 0.15) is 0 Å². The third kappa shape index (κ3) is 8.15. The Labute approximate surface area is 134 Å². The van der Waals surface area contributed by atoms with Crippen LogP contribution >= 0.6 is 11.8 Å². The predicted octanol–water partition coefficient (Wildman–Crippen LogP) is 4.81. The number of hydrogen-bond acceptors (Lipinski definition) is 2. The number of carbonyl (C=O) groups excluding carboxylic acids is 1. The molecule has 0 unspecified atom stereocenters. The molecule has 1 rings (SSSR count). The Hall–Kier alpha value is -0.960. The maximum atomic E-state index is 11.9. The van der Waals surface area contributed by atoms with Crippen LogP contribution in [-0.2, 0) is 4.79 Å². The van der Waals surface area contributed by atoms with Crippen molar-refractivity contribution in [3.63, 3.8) is 0 Å². The first-order valence-electron chi connectivity index (χ1n) is 8.11. The van der Waals surface area contributed by atoms with Crippen molar-refractivity contribution in [3.8, 4) is 0 Å². The lowest BCUT2D eigenvalue weighted by Gasteiger charge is -2.15. The van der Waals surface area contributed by atoms with Crippen LogP contribution in [0, 0.1) is 12.8 Å². The molecular weight excluding hydrogens is 278 g/mol. The van der Waals surface area contributed by atoms with Crippen molar-refractivity contribution < 1.29 is 4.79 Å². The van der Waals surface area contributed by atoms with E-state index in [0.717, 1.165) is 18.7 Å². The lowest BCUT2D eigenvalue weighted by atomic mass is 9.99. The summed E-state index contributed by atoms with van der Waals surface area (Å²) in [5.74, 6) is 1.67. The molecule has 1 atom stereocenters. The monoisotopic (exact) mass is 307 g/mol. The molecule has 1 aromatic carbocycles. The van der Waals surface area contributed by atoms with Crippen molar-refractivity contribution in [2.24, 2.45) is 5.92 Å². The maximum absolute atomic E-state index is 11.9. The maximum Gasteiger partial charge on any atom is 0.220 e. The van der Waals surface area contributed by atoms with E-state index in [0.29, 0.717) is 12.3 Å². The third-order valence-corrected chi connectivity index (χ3v) is 4.76. The summed E-state index contributed by atoms with van der Waals surface area (Å²) in [6, 6.07) is 8.47. The van der Waals surface area contributed by atoms with E-state index in [2.05, 4.69) is 50.4 Å². The Bertz CT molecular complexity index is 402. The highest BCUT2D eigenvalue weighted by molar-refractivity contribution is 7.99. The van der Waals surface area contributed by atoms with Gasteiger partial charge in [-0.2, -0.15) is 0 Å². The van der Waals surface area contributed by atoms with Gasteiger partial charge in [0.05, 0.1) is 0 Å². The summed E-state index contributed by atoms with van der Waals surface area (Å²) in [5, 5.41) is 3.09. The molecule has 21 heavy (non-hydrogen) atoms. The normalized spacial score (nSPS) is 12.1. The molecule has 118 valence electrons. The van der Waals surface area contributed by atoms with Crippen LogP contribution < -0.4 is 5.32 Å². The third-order valence-electron chi connectivity index (χ3n) is 3.75.